The summed E-state index contributed by atoms with van der Waals surface area (Å²) >= 11 is 0. The maximum atomic E-state index is 14.5. The molecule has 0 aromatic heterocycles. The van der Waals surface area contributed by atoms with E-state index >= 15 is 0 Å². The molecule has 7 heteroatoms. The van der Waals surface area contributed by atoms with Gasteiger partial charge in [-0.2, -0.15) is 0 Å². The molecule has 40 heavy (non-hydrogen) atoms. The van der Waals surface area contributed by atoms with Gasteiger partial charge in [0.05, 0.1) is 0 Å². The molecule has 3 amide bonds. The minimum atomic E-state index is -0.801. The number of unbranched alkanes of at least 4 members (excludes halogenated alkanes) is 4. The zero-order valence-electron chi connectivity index (χ0n) is 26.2. The number of hydrogen-bond acceptors (Lipinski definition) is 4. The molecule has 1 aromatic carbocycles. The molecule has 1 aromatic rings. The van der Waals surface area contributed by atoms with Gasteiger partial charge in [0.25, 0.3) is 0 Å². The number of ether oxygens (including phenoxy) is 1. The monoisotopic (exact) mass is 557 g/mol. The molecular formula is C33H55N3O4. The third-order valence-corrected chi connectivity index (χ3v) is 7.93. The molecule has 1 fully saturated rings. The summed E-state index contributed by atoms with van der Waals surface area (Å²) in [6, 6.07) is 6.39. The van der Waals surface area contributed by atoms with Gasteiger partial charge in [-0.15, -0.1) is 0 Å². The molecule has 0 spiro atoms. The van der Waals surface area contributed by atoms with Crippen molar-refractivity contribution in [3.05, 3.63) is 35.4 Å². The third kappa shape index (κ3) is 10.8. The van der Waals surface area contributed by atoms with Crippen molar-refractivity contribution in [2.45, 2.75) is 143 Å². The topological polar surface area (TPSA) is 87.7 Å². The van der Waals surface area contributed by atoms with Crippen molar-refractivity contribution in [3.8, 4) is 0 Å². The molecule has 3 atom stereocenters. The summed E-state index contributed by atoms with van der Waals surface area (Å²) < 4.78 is 5.53. The van der Waals surface area contributed by atoms with E-state index in [1.807, 2.05) is 45.0 Å². The first-order chi connectivity index (χ1) is 19.0. The lowest BCUT2D eigenvalue weighted by Gasteiger charge is -2.37. The van der Waals surface area contributed by atoms with Gasteiger partial charge in [-0.3, -0.25) is 9.59 Å². The molecule has 0 bridgehead atoms. The lowest BCUT2D eigenvalue weighted by molar-refractivity contribution is -0.144. The lowest BCUT2D eigenvalue weighted by Crippen LogP contribution is -2.56. The summed E-state index contributed by atoms with van der Waals surface area (Å²) in [6.45, 7) is 14.0. The number of alkyl carbamates (subject to hydrolysis) is 1. The SMILES string of the molecule is CCCCCCCN(C(=O)C(NC(=O)OC(C)(C)C)C(C)CC)C(C(=O)NC1CCCCC1)c1ccccc1C. The van der Waals surface area contributed by atoms with E-state index in [9.17, 15) is 14.4 Å². The molecule has 1 saturated carbocycles. The van der Waals surface area contributed by atoms with Gasteiger partial charge in [0.1, 0.15) is 17.7 Å². The summed E-state index contributed by atoms with van der Waals surface area (Å²) in [5, 5.41) is 6.17. The fourth-order valence-corrected chi connectivity index (χ4v) is 5.42. The van der Waals surface area contributed by atoms with Gasteiger partial charge in [0, 0.05) is 12.6 Å². The van der Waals surface area contributed by atoms with Crippen molar-refractivity contribution in [1.29, 1.82) is 0 Å². The van der Waals surface area contributed by atoms with Crippen LogP contribution in [0.15, 0.2) is 24.3 Å². The van der Waals surface area contributed by atoms with Crippen molar-refractivity contribution in [3.63, 3.8) is 0 Å². The molecule has 0 heterocycles. The summed E-state index contributed by atoms with van der Waals surface area (Å²) in [6.07, 6.45) is 10.6. The Morgan fingerprint density at radius 3 is 2.25 bits per heavy atom. The van der Waals surface area contributed by atoms with Crippen molar-refractivity contribution in [2.24, 2.45) is 5.92 Å². The first kappa shape index (κ1) is 33.6. The van der Waals surface area contributed by atoms with Crippen LogP contribution in [0.4, 0.5) is 4.79 Å². The molecule has 0 aliphatic heterocycles. The molecule has 2 rings (SSSR count). The van der Waals surface area contributed by atoms with Crippen LogP contribution in [-0.2, 0) is 14.3 Å². The quantitative estimate of drug-likeness (QED) is 0.236. The molecule has 226 valence electrons. The summed E-state index contributed by atoms with van der Waals surface area (Å²) in [5.41, 5.74) is 1.11. The first-order valence-electron chi connectivity index (χ1n) is 15.6. The Bertz CT molecular complexity index is 936. The van der Waals surface area contributed by atoms with Gasteiger partial charge < -0.3 is 20.3 Å². The molecule has 3 unspecified atom stereocenters. The average Bonchev–Trinajstić information content (AvgIpc) is 2.90. The van der Waals surface area contributed by atoms with Crippen molar-refractivity contribution in [2.75, 3.05) is 6.54 Å². The smallest absolute Gasteiger partial charge is 0.408 e. The maximum absolute atomic E-state index is 14.5. The molecule has 0 radical (unpaired) electrons. The predicted octanol–water partition coefficient (Wildman–Crippen LogP) is 7.22. The van der Waals surface area contributed by atoms with Crippen molar-refractivity contribution in [1.82, 2.24) is 15.5 Å². The van der Waals surface area contributed by atoms with E-state index in [4.69, 9.17) is 4.74 Å². The fraction of sp³-hybridized carbons (Fsp3) is 0.727. The van der Waals surface area contributed by atoms with Gasteiger partial charge in [0.15, 0.2) is 0 Å². The second-order valence-corrected chi connectivity index (χ2v) is 12.6. The second-order valence-electron chi connectivity index (χ2n) is 12.6. The largest absolute Gasteiger partial charge is 0.444 e. The van der Waals surface area contributed by atoms with E-state index in [-0.39, 0.29) is 23.8 Å². The van der Waals surface area contributed by atoms with E-state index in [2.05, 4.69) is 17.6 Å². The van der Waals surface area contributed by atoms with Crippen molar-refractivity contribution >= 4 is 17.9 Å². The number of nitrogens with one attached hydrogen (secondary N) is 2. The number of hydrogen-bond donors (Lipinski definition) is 2. The number of carbonyl (C=O) groups is 3. The molecule has 1 aliphatic rings. The highest BCUT2D eigenvalue weighted by molar-refractivity contribution is 5.92. The second kappa shape index (κ2) is 16.6. The molecule has 7 nitrogen and oxygen atoms in total. The van der Waals surface area contributed by atoms with Crippen LogP contribution in [-0.4, -0.2) is 47.0 Å². The zero-order valence-corrected chi connectivity index (χ0v) is 26.2. The zero-order chi connectivity index (χ0) is 29.7. The van der Waals surface area contributed by atoms with Crippen LogP contribution in [0.5, 0.6) is 0 Å². The highest BCUT2D eigenvalue weighted by Gasteiger charge is 2.39. The Kier molecular flexibility index (Phi) is 14.0. The van der Waals surface area contributed by atoms with Crippen LogP contribution in [0.2, 0.25) is 0 Å². The van der Waals surface area contributed by atoms with E-state index < -0.39 is 23.8 Å². The van der Waals surface area contributed by atoms with E-state index in [1.165, 1.54) is 6.42 Å². The lowest BCUT2D eigenvalue weighted by atomic mass is 9.92. The van der Waals surface area contributed by atoms with Gasteiger partial charge in [0.2, 0.25) is 11.8 Å². The minimum absolute atomic E-state index is 0.125. The fourth-order valence-electron chi connectivity index (χ4n) is 5.42. The minimum Gasteiger partial charge on any atom is -0.444 e. The van der Waals surface area contributed by atoms with Crippen LogP contribution in [0, 0.1) is 12.8 Å². The van der Waals surface area contributed by atoms with Gasteiger partial charge in [-0.05, 0) is 64.0 Å². The molecule has 2 N–H and O–H groups in total. The van der Waals surface area contributed by atoms with Gasteiger partial charge in [-0.25, -0.2) is 4.79 Å². The van der Waals surface area contributed by atoms with E-state index in [1.54, 1.807) is 25.7 Å². The number of rotatable bonds is 14. The Morgan fingerprint density at radius 2 is 1.65 bits per heavy atom. The van der Waals surface area contributed by atoms with Crippen LogP contribution in [0.3, 0.4) is 0 Å². The predicted molar refractivity (Wildman–Crippen MR) is 162 cm³/mol. The number of amides is 3. The Hall–Kier alpha value is -2.57. The van der Waals surface area contributed by atoms with Crippen molar-refractivity contribution < 1.29 is 19.1 Å². The summed E-state index contributed by atoms with van der Waals surface area (Å²) in [7, 11) is 0. The van der Waals surface area contributed by atoms with Crippen LogP contribution in [0.1, 0.15) is 129 Å². The number of benzene rings is 1. The standard InChI is InChI=1S/C33H55N3O4/c1-8-10-11-12-18-23-36(31(38)28(24(3)9-2)35-32(39)40-33(5,6)7)29(27-22-17-16-19-25(27)4)30(37)34-26-20-14-13-15-21-26/h16-17,19,22,24,26,28-29H,8-15,18,20-21,23H2,1-7H3,(H,34,37)(H,35,39). The Morgan fingerprint density at radius 1 is 1.00 bits per heavy atom. The van der Waals surface area contributed by atoms with E-state index in [0.29, 0.717) is 13.0 Å². The van der Waals surface area contributed by atoms with Crippen LogP contribution < -0.4 is 10.6 Å². The first-order valence-corrected chi connectivity index (χ1v) is 15.6. The third-order valence-electron chi connectivity index (χ3n) is 7.93. The summed E-state index contributed by atoms with van der Waals surface area (Å²) in [5.74, 6) is -0.507. The van der Waals surface area contributed by atoms with E-state index in [0.717, 1.165) is 68.9 Å². The van der Waals surface area contributed by atoms with Gasteiger partial charge >= 0.3 is 6.09 Å². The van der Waals surface area contributed by atoms with Crippen LogP contribution in [0.25, 0.3) is 0 Å². The number of nitrogens with zero attached hydrogens (tertiary/aromatic N) is 1. The number of carbonyl (C=O) groups excluding carboxylic acids is 3. The maximum Gasteiger partial charge on any atom is 0.408 e. The molecule has 1 aliphatic carbocycles. The highest BCUT2D eigenvalue weighted by Crippen LogP contribution is 2.29. The molecule has 0 saturated heterocycles. The average molecular weight is 558 g/mol. The van der Waals surface area contributed by atoms with Gasteiger partial charge in [-0.1, -0.05) is 96.4 Å². The summed E-state index contributed by atoms with van der Waals surface area (Å²) in [4.78, 5) is 43.2. The Balaban J connectivity index is 2.48. The normalized spacial score (nSPS) is 16.5. The Labute approximate surface area is 243 Å². The molecular weight excluding hydrogens is 502 g/mol. The highest BCUT2D eigenvalue weighted by atomic mass is 16.6. The van der Waals surface area contributed by atoms with Crippen LogP contribution >= 0.6 is 0 Å². The number of aryl methyl sites for hydroxylation is 1.